The van der Waals surface area contributed by atoms with Crippen LogP contribution in [0, 0.1) is 10.1 Å². The largest absolute Gasteiger partial charge is 0.486 e. The van der Waals surface area contributed by atoms with Crippen LogP contribution in [-0.4, -0.2) is 44.7 Å². The van der Waals surface area contributed by atoms with Gasteiger partial charge in [0.15, 0.2) is 17.3 Å². The first-order valence-corrected chi connectivity index (χ1v) is 10.3. The lowest BCUT2D eigenvalue weighted by molar-refractivity contribution is -0.384. The highest BCUT2D eigenvalue weighted by Gasteiger charge is 2.16. The van der Waals surface area contributed by atoms with Gasteiger partial charge >= 0.3 is 0 Å². The number of hydrogen-bond acceptors (Lipinski definition) is 9. The van der Waals surface area contributed by atoms with Gasteiger partial charge in [-0.3, -0.25) is 14.9 Å². The van der Waals surface area contributed by atoms with E-state index in [4.69, 9.17) is 15.3 Å². The smallest absolute Gasteiger partial charge is 0.270 e. The molecule has 31 heavy (non-hydrogen) atoms. The Hall–Kier alpha value is -3.80. The molecule has 160 valence electrons. The summed E-state index contributed by atoms with van der Waals surface area (Å²) in [6.07, 6.45) is 0.220. The molecule has 1 aliphatic rings. The number of nitrogens with zero attached hydrogens (tertiary/aromatic N) is 4. The quantitative estimate of drug-likeness (QED) is 0.244. The fourth-order valence-corrected chi connectivity index (χ4v) is 3.70. The molecule has 0 radical (unpaired) electrons. The van der Waals surface area contributed by atoms with Gasteiger partial charge in [0, 0.05) is 41.6 Å². The van der Waals surface area contributed by atoms with Crippen molar-refractivity contribution in [3.63, 3.8) is 0 Å². The van der Waals surface area contributed by atoms with Crippen molar-refractivity contribution in [1.82, 2.24) is 14.9 Å². The number of non-ortho nitro benzene ring substituents is 1. The lowest BCUT2D eigenvalue weighted by atomic mass is 10.2. The Morgan fingerprint density at radius 3 is 2.81 bits per heavy atom. The molecule has 0 saturated heterocycles. The molecule has 0 unspecified atom stereocenters. The van der Waals surface area contributed by atoms with E-state index in [9.17, 15) is 14.9 Å². The lowest BCUT2D eigenvalue weighted by Crippen LogP contribution is -2.16. The third kappa shape index (κ3) is 4.69. The molecule has 0 fully saturated rings. The Balaban J connectivity index is 1.33. The molecule has 1 aliphatic heterocycles. The maximum absolute atomic E-state index is 12.2. The highest BCUT2D eigenvalue weighted by molar-refractivity contribution is 7.99. The van der Waals surface area contributed by atoms with Crippen molar-refractivity contribution in [3.05, 3.63) is 52.6 Å². The van der Waals surface area contributed by atoms with E-state index >= 15 is 0 Å². The molecule has 0 saturated carbocycles. The van der Waals surface area contributed by atoms with E-state index in [2.05, 4.69) is 15.5 Å². The van der Waals surface area contributed by atoms with Crippen molar-refractivity contribution in [2.45, 2.75) is 11.6 Å². The molecule has 0 bridgehead atoms. The van der Waals surface area contributed by atoms with Crippen LogP contribution in [-0.2, 0) is 4.79 Å². The molecular weight excluding hydrogens is 424 g/mol. The first-order valence-electron chi connectivity index (χ1n) is 9.29. The van der Waals surface area contributed by atoms with Crippen LogP contribution in [0.2, 0.25) is 0 Å². The number of nitrogen functional groups attached to an aromatic ring is 1. The second-order valence-corrected chi connectivity index (χ2v) is 7.55. The molecule has 4 rings (SSSR count). The summed E-state index contributed by atoms with van der Waals surface area (Å²) in [5.41, 5.74) is 1.03. The summed E-state index contributed by atoms with van der Waals surface area (Å²) in [6.45, 7) is 0.976. The monoisotopic (exact) mass is 442 g/mol. The average molecular weight is 442 g/mol. The fraction of sp³-hybridized carbons (Fsp3) is 0.211. The zero-order valence-electron chi connectivity index (χ0n) is 16.2. The van der Waals surface area contributed by atoms with Crippen LogP contribution < -0.4 is 20.6 Å². The Morgan fingerprint density at radius 1 is 1.19 bits per heavy atom. The SMILES string of the molecule is Nn1c(SCCC(=O)Nc2ccc3c(c2)OCCO3)nnc1-c1cccc([N+](=O)[O-])c1. The van der Waals surface area contributed by atoms with Crippen molar-refractivity contribution >= 4 is 29.0 Å². The van der Waals surface area contributed by atoms with Gasteiger partial charge in [-0.15, -0.1) is 10.2 Å². The number of anilines is 1. The molecule has 1 aromatic heterocycles. The molecule has 0 atom stereocenters. The van der Waals surface area contributed by atoms with Gasteiger partial charge in [-0.1, -0.05) is 23.9 Å². The Bertz CT molecular complexity index is 1130. The molecule has 3 aromatic rings. The predicted octanol–water partition coefficient (Wildman–Crippen LogP) is 2.46. The van der Waals surface area contributed by atoms with Crippen LogP contribution in [0.1, 0.15) is 6.42 Å². The van der Waals surface area contributed by atoms with Gasteiger partial charge in [-0.25, -0.2) is 4.68 Å². The highest BCUT2D eigenvalue weighted by Crippen LogP contribution is 2.32. The van der Waals surface area contributed by atoms with E-state index in [0.717, 1.165) is 0 Å². The molecule has 1 amide bonds. The number of hydrogen-bond donors (Lipinski definition) is 2. The second kappa shape index (κ2) is 8.92. The minimum absolute atomic E-state index is 0.0643. The Kier molecular flexibility index (Phi) is 5.89. The van der Waals surface area contributed by atoms with Crippen LogP contribution in [0.3, 0.4) is 0 Å². The first-order chi connectivity index (χ1) is 15.0. The number of aromatic nitrogens is 3. The van der Waals surface area contributed by atoms with E-state index in [0.29, 0.717) is 52.7 Å². The van der Waals surface area contributed by atoms with Gasteiger partial charge in [0.25, 0.3) is 5.69 Å². The van der Waals surface area contributed by atoms with Crippen LogP contribution in [0.4, 0.5) is 11.4 Å². The minimum Gasteiger partial charge on any atom is -0.486 e. The average Bonchev–Trinajstić information content (AvgIpc) is 3.14. The summed E-state index contributed by atoms with van der Waals surface area (Å²) in [4.78, 5) is 22.7. The molecule has 2 aromatic carbocycles. The summed E-state index contributed by atoms with van der Waals surface area (Å²) in [7, 11) is 0. The van der Waals surface area contributed by atoms with Gasteiger partial charge < -0.3 is 20.6 Å². The van der Waals surface area contributed by atoms with Gasteiger partial charge in [0.1, 0.15) is 13.2 Å². The van der Waals surface area contributed by atoms with Crippen molar-refractivity contribution in [1.29, 1.82) is 0 Å². The van der Waals surface area contributed by atoms with E-state index in [1.165, 1.54) is 28.6 Å². The number of thioether (sulfide) groups is 1. The van der Waals surface area contributed by atoms with Crippen LogP contribution in [0.25, 0.3) is 11.4 Å². The fourth-order valence-electron chi connectivity index (χ4n) is 2.91. The third-order valence-electron chi connectivity index (χ3n) is 4.37. The van der Waals surface area contributed by atoms with E-state index < -0.39 is 4.92 Å². The summed E-state index contributed by atoms with van der Waals surface area (Å²) in [5, 5.41) is 22.2. The number of nitrogens with one attached hydrogen (secondary N) is 1. The number of fused-ring (bicyclic) bond motifs is 1. The normalized spacial score (nSPS) is 12.4. The standard InChI is InChI=1S/C19H18N6O5S/c20-24-18(12-2-1-3-14(10-12)25(27)28)22-23-19(24)31-9-6-17(26)21-13-4-5-15-16(11-13)30-8-7-29-15/h1-5,10-11H,6-9,20H2,(H,21,26). The number of nitro groups is 1. The van der Waals surface area contributed by atoms with Gasteiger partial charge in [0.05, 0.1) is 4.92 Å². The number of nitro benzene ring substituents is 1. The second-order valence-electron chi connectivity index (χ2n) is 6.49. The van der Waals surface area contributed by atoms with E-state index in [1.54, 1.807) is 30.3 Å². The maximum atomic E-state index is 12.2. The van der Waals surface area contributed by atoms with Crippen LogP contribution in [0.5, 0.6) is 11.5 Å². The van der Waals surface area contributed by atoms with Crippen molar-refractivity contribution in [2.75, 3.05) is 30.1 Å². The number of rotatable bonds is 7. The van der Waals surface area contributed by atoms with Crippen molar-refractivity contribution < 1.29 is 19.2 Å². The Morgan fingerprint density at radius 2 is 2.00 bits per heavy atom. The van der Waals surface area contributed by atoms with E-state index in [1.807, 2.05) is 0 Å². The topological polar surface area (TPSA) is 147 Å². The van der Waals surface area contributed by atoms with Gasteiger partial charge in [-0.2, -0.15) is 0 Å². The number of nitrogens with two attached hydrogens (primary N) is 1. The summed E-state index contributed by atoms with van der Waals surface area (Å²) < 4.78 is 12.2. The number of carbonyl (C=O) groups is 1. The maximum Gasteiger partial charge on any atom is 0.270 e. The Labute approximate surface area is 180 Å². The first kappa shape index (κ1) is 20.5. The summed E-state index contributed by atoms with van der Waals surface area (Å²) in [5.74, 6) is 7.84. The number of amides is 1. The lowest BCUT2D eigenvalue weighted by Gasteiger charge is -2.19. The van der Waals surface area contributed by atoms with E-state index in [-0.39, 0.29) is 18.0 Å². The molecule has 0 spiro atoms. The third-order valence-corrected chi connectivity index (χ3v) is 5.31. The zero-order chi connectivity index (χ0) is 21.8. The molecular formula is C19H18N6O5S. The van der Waals surface area contributed by atoms with Crippen LogP contribution in [0.15, 0.2) is 47.6 Å². The minimum atomic E-state index is -0.489. The highest BCUT2D eigenvalue weighted by atomic mass is 32.2. The number of carbonyl (C=O) groups excluding carboxylic acids is 1. The summed E-state index contributed by atoms with van der Waals surface area (Å²) in [6, 6.07) is 11.2. The number of ether oxygens (including phenoxy) is 2. The predicted molar refractivity (Wildman–Crippen MR) is 114 cm³/mol. The van der Waals surface area contributed by atoms with Crippen molar-refractivity contribution in [3.8, 4) is 22.9 Å². The van der Waals surface area contributed by atoms with Gasteiger partial charge in [0.2, 0.25) is 11.1 Å². The van der Waals surface area contributed by atoms with Crippen molar-refractivity contribution in [2.24, 2.45) is 0 Å². The zero-order valence-corrected chi connectivity index (χ0v) is 17.0. The van der Waals surface area contributed by atoms with Gasteiger partial charge in [-0.05, 0) is 12.1 Å². The molecule has 3 N–H and O–H groups in total. The molecule has 12 heteroatoms. The summed E-state index contributed by atoms with van der Waals surface area (Å²) >= 11 is 1.26. The molecule has 11 nitrogen and oxygen atoms in total. The molecule has 0 aliphatic carbocycles. The number of benzene rings is 2. The van der Waals surface area contributed by atoms with Crippen LogP contribution >= 0.6 is 11.8 Å². The molecule has 2 heterocycles.